The minimum atomic E-state index is -3.19. The molecule has 0 aliphatic heterocycles. The average Bonchev–Trinajstić information content (AvgIpc) is 2.54. The molecule has 27 heavy (non-hydrogen) atoms. The van der Waals surface area contributed by atoms with Gasteiger partial charge in [-0.15, -0.1) is 24.0 Å². The Labute approximate surface area is 181 Å². The predicted molar refractivity (Wildman–Crippen MR) is 123 cm³/mol. The van der Waals surface area contributed by atoms with E-state index in [2.05, 4.69) is 29.5 Å². The molecule has 2 N–H and O–H groups in total. The summed E-state index contributed by atoms with van der Waals surface area (Å²) in [5, 5.41) is 6.45. The standard InChI is InChI=1S/C19H33N3O3S.HI/c1-6-20-19(21-10-12-25-11-9-15(2)3)22-14-17-7-8-18(16(4)13-17)26(5,23)24;/h7-8,13,15H,6,9-12,14H2,1-5H3,(H2,20,21,22);1H. The van der Waals surface area contributed by atoms with E-state index in [0.717, 1.165) is 36.7 Å². The molecule has 0 amide bonds. The second kappa shape index (κ2) is 13.3. The third kappa shape index (κ3) is 10.9. The predicted octanol–water partition coefficient (Wildman–Crippen LogP) is 3.13. The zero-order valence-corrected chi connectivity index (χ0v) is 20.2. The minimum absolute atomic E-state index is 0. The molecule has 8 heteroatoms. The number of halogens is 1. The van der Waals surface area contributed by atoms with Gasteiger partial charge < -0.3 is 15.4 Å². The maximum absolute atomic E-state index is 11.7. The normalized spacial score (nSPS) is 12.0. The second-order valence-electron chi connectivity index (χ2n) is 6.79. The fourth-order valence-electron chi connectivity index (χ4n) is 2.40. The SMILES string of the molecule is CCNC(=NCc1ccc(S(C)(=O)=O)c(C)c1)NCCOCCC(C)C.I. The van der Waals surface area contributed by atoms with Crippen LogP contribution in [0, 0.1) is 12.8 Å². The van der Waals surface area contributed by atoms with Crippen LogP contribution in [0.3, 0.4) is 0 Å². The quantitative estimate of drug-likeness (QED) is 0.219. The van der Waals surface area contributed by atoms with E-state index in [1.54, 1.807) is 6.07 Å². The van der Waals surface area contributed by atoms with Gasteiger partial charge in [-0.3, -0.25) is 0 Å². The van der Waals surface area contributed by atoms with Crippen LogP contribution in [0.5, 0.6) is 0 Å². The van der Waals surface area contributed by atoms with Crippen LogP contribution in [0.2, 0.25) is 0 Å². The zero-order chi connectivity index (χ0) is 19.6. The first kappa shape index (κ1) is 26.1. The van der Waals surface area contributed by atoms with Crippen LogP contribution in [0.1, 0.15) is 38.3 Å². The highest BCUT2D eigenvalue weighted by Crippen LogP contribution is 2.17. The van der Waals surface area contributed by atoms with Crippen molar-refractivity contribution in [3.05, 3.63) is 29.3 Å². The lowest BCUT2D eigenvalue weighted by Gasteiger charge is -2.12. The highest BCUT2D eigenvalue weighted by Gasteiger charge is 2.10. The van der Waals surface area contributed by atoms with Crippen molar-refractivity contribution in [2.45, 2.75) is 45.6 Å². The molecule has 0 fully saturated rings. The fourth-order valence-corrected chi connectivity index (χ4v) is 3.36. The highest BCUT2D eigenvalue weighted by molar-refractivity contribution is 14.0. The summed E-state index contributed by atoms with van der Waals surface area (Å²) in [5.41, 5.74) is 1.72. The van der Waals surface area contributed by atoms with Crippen molar-refractivity contribution >= 4 is 39.8 Å². The molecular weight excluding hydrogens is 477 g/mol. The molecule has 0 bridgehead atoms. The summed E-state index contributed by atoms with van der Waals surface area (Å²) >= 11 is 0. The van der Waals surface area contributed by atoms with E-state index in [1.165, 1.54) is 6.26 Å². The van der Waals surface area contributed by atoms with Crippen LogP contribution in [-0.4, -0.2) is 46.9 Å². The van der Waals surface area contributed by atoms with Gasteiger partial charge in [-0.1, -0.05) is 26.0 Å². The Balaban J connectivity index is 0.00000676. The summed E-state index contributed by atoms with van der Waals surface area (Å²) in [5.74, 6) is 1.38. The van der Waals surface area contributed by atoms with Gasteiger partial charge in [0.2, 0.25) is 0 Å². The molecule has 0 saturated heterocycles. The summed E-state index contributed by atoms with van der Waals surface area (Å²) in [6.45, 7) is 11.5. The van der Waals surface area contributed by atoms with E-state index in [1.807, 2.05) is 26.0 Å². The maximum atomic E-state index is 11.7. The average molecular weight is 511 g/mol. The molecule has 1 aromatic rings. The molecule has 0 unspecified atom stereocenters. The molecule has 0 heterocycles. The Bertz CT molecular complexity index is 691. The number of aryl methyl sites for hydroxylation is 1. The fraction of sp³-hybridized carbons (Fsp3) is 0.632. The number of nitrogens with zero attached hydrogens (tertiary/aromatic N) is 1. The van der Waals surface area contributed by atoms with Crippen LogP contribution in [-0.2, 0) is 21.1 Å². The third-order valence-corrected chi connectivity index (χ3v) is 5.04. The van der Waals surface area contributed by atoms with Crippen molar-refractivity contribution in [3.8, 4) is 0 Å². The monoisotopic (exact) mass is 511 g/mol. The van der Waals surface area contributed by atoms with Gasteiger partial charge >= 0.3 is 0 Å². The molecular formula is C19H34IN3O3S. The summed E-state index contributed by atoms with van der Waals surface area (Å²) in [6.07, 6.45) is 2.29. The smallest absolute Gasteiger partial charge is 0.191 e. The first-order chi connectivity index (χ1) is 12.2. The lowest BCUT2D eigenvalue weighted by Crippen LogP contribution is -2.39. The third-order valence-electron chi connectivity index (χ3n) is 3.78. The van der Waals surface area contributed by atoms with Crippen molar-refractivity contribution in [2.24, 2.45) is 10.9 Å². The van der Waals surface area contributed by atoms with Crippen LogP contribution in [0.15, 0.2) is 28.1 Å². The van der Waals surface area contributed by atoms with Gasteiger partial charge in [0.05, 0.1) is 18.0 Å². The molecule has 0 aromatic heterocycles. The van der Waals surface area contributed by atoms with E-state index < -0.39 is 9.84 Å². The number of ether oxygens (including phenoxy) is 1. The van der Waals surface area contributed by atoms with E-state index in [4.69, 9.17) is 4.74 Å². The second-order valence-corrected chi connectivity index (χ2v) is 8.77. The molecule has 0 aliphatic rings. The highest BCUT2D eigenvalue weighted by atomic mass is 127. The Kier molecular flexibility index (Phi) is 12.9. The number of rotatable bonds is 10. The molecule has 6 nitrogen and oxygen atoms in total. The first-order valence-corrected chi connectivity index (χ1v) is 11.0. The van der Waals surface area contributed by atoms with E-state index in [-0.39, 0.29) is 24.0 Å². The number of hydrogen-bond acceptors (Lipinski definition) is 4. The number of aliphatic imine (C=N–C) groups is 1. The summed E-state index contributed by atoms with van der Waals surface area (Å²) in [6, 6.07) is 5.34. The van der Waals surface area contributed by atoms with Crippen molar-refractivity contribution in [1.29, 1.82) is 0 Å². The lowest BCUT2D eigenvalue weighted by atomic mass is 10.1. The van der Waals surface area contributed by atoms with Crippen LogP contribution in [0.4, 0.5) is 0 Å². The molecule has 0 radical (unpaired) electrons. The first-order valence-electron chi connectivity index (χ1n) is 9.13. The van der Waals surface area contributed by atoms with Gasteiger partial charge in [0.15, 0.2) is 15.8 Å². The molecule has 1 rings (SSSR count). The largest absolute Gasteiger partial charge is 0.380 e. The Morgan fingerprint density at radius 3 is 2.48 bits per heavy atom. The summed E-state index contributed by atoms with van der Waals surface area (Å²) in [7, 11) is -3.19. The van der Waals surface area contributed by atoms with Gasteiger partial charge in [-0.2, -0.15) is 0 Å². The number of nitrogens with one attached hydrogen (secondary N) is 2. The molecule has 0 aliphatic carbocycles. The topological polar surface area (TPSA) is 79.8 Å². The van der Waals surface area contributed by atoms with Gasteiger partial charge in [-0.25, -0.2) is 13.4 Å². The van der Waals surface area contributed by atoms with Crippen molar-refractivity contribution in [3.63, 3.8) is 0 Å². The van der Waals surface area contributed by atoms with E-state index >= 15 is 0 Å². The van der Waals surface area contributed by atoms with Crippen molar-refractivity contribution < 1.29 is 13.2 Å². The molecule has 0 spiro atoms. The lowest BCUT2D eigenvalue weighted by molar-refractivity contribution is 0.128. The van der Waals surface area contributed by atoms with Crippen LogP contribution in [0.25, 0.3) is 0 Å². The van der Waals surface area contributed by atoms with Crippen molar-refractivity contribution in [1.82, 2.24) is 10.6 Å². The number of guanidine groups is 1. The maximum Gasteiger partial charge on any atom is 0.191 e. The Morgan fingerprint density at radius 2 is 1.93 bits per heavy atom. The minimum Gasteiger partial charge on any atom is -0.380 e. The molecule has 0 saturated carbocycles. The Morgan fingerprint density at radius 1 is 1.22 bits per heavy atom. The molecule has 1 aromatic carbocycles. The summed E-state index contributed by atoms with van der Waals surface area (Å²) in [4.78, 5) is 4.92. The van der Waals surface area contributed by atoms with Gasteiger partial charge in [0.25, 0.3) is 0 Å². The van der Waals surface area contributed by atoms with E-state index in [9.17, 15) is 8.42 Å². The van der Waals surface area contributed by atoms with E-state index in [0.29, 0.717) is 30.5 Å². The van der Waals surface area contributed by atoms with Gasteiger partial charge in [0.1, 0.15) is 0 Å². The number of benzene rings is 1. The van der Waals surface area contributed by atoms with Gasteiger partial charge in [0, 0.05) is 26.0 Å². The van der Waals surface area contributed by atoms with Gasteiger partial charge in [-0.05, 0) is 43.4 Å². The number of hydrogen-bond donors (Lipinski definition) is 2. The summed E-state index contributed by atoms with van der Waals surface area (Å²) < 4.78 is 29.0. The zero-order valence-electron chi connectivity index (χ0n) is 17.0. The van der Waals surface area contributed by atoms with Crippen LogP contribution < -0.4 is 10.6 Å². The van der Waals surface area contributed by atoms with Crippen molar-refractivity contribution in [2.75, 3.05) is 32.6 Å². The Hall–Kier alpha value is -0.870. The van der Waals surface area contributed by atoms with Crippen LogP contribution >= 0.6 is 24.0 Å². The molecule has 0 atom stereocenters. The number of sulfone groups is 1. The molecule has 156 valence electrons.